The van der Waals surface area contributed by atoms with Gasteiger partial charge in [0.15, 0.2) is 0 Å². The number of nitrogens with zero attached hydrogens (tertiary/aromatic N) is 3. The molecule has 3 rings (SSSR count). The van der Waals surface area contributed by atoms with E-state index in [0.29, 0.717) is 5.69 Å². The van der Waals surface area contributed by atoms with E-state index in [1.807, 2.05) is 26.0 Å². The molecule has 140 valence electrons. The van der Waals surface area contributed by atoms with Gasteiger partial charge in [-0.25, -0.2) is 4.68 Å². The normalized spacial score (nSPS) is 12.1. The van der Waals surface area contributed by atoms with E-state index in [1.54, 1.807) is 24.3 Å². The summed E-state index contributed by atoms with van der Waals surface area (Å²) in [5.74, 6) is -0.320. The summed E-state index contributed by atoms with van der Waals surface area (Å²) in [5.41, 5.74) is 4.15. The maximum absolute atomic E-state index is 12.5. The minimum atomic E-state index is -3.88. The van der Waals surface area contributed by atoms with E-state index in [1.165, 1.54) is 22.3 Å². The molecule has 1 N–H and O–H groups in total. The fraction of sp³-hybridized carbons (Fsp3) is 0.167. The van der Waals surface area contributed by atoms with Crippen LogP contribution >= 0.6 is 11.3 Å². The van der Waals surface area contributed by atoms with E-state index in [4.69, 9.17) is 0 Å². The molecule has 0 radical (unpaired) electrons. The number of rotatable bonds is 5. The van der Waals surface area contributed by atoms with Crippen LogP contribution in [0.1, 0.15) is 11.1 Å². The number of aryl methyl sites for hydroxylation is 2. The standard InChI is InChI=1S/C18H18N4O3S2/c1-13-3-7-15(8-4-13)20-17(23)11-22-18(26-12-19-22)21-27(24,25)16-9-5-14(2)6-10-16/h3-10,12H,11H2,1-2H3,(H,20,23)/b21-18-. The molecule has 0 spiro atoms. The van der Waals surface area contributed by atoms with Crippen molar-refractivity contribution in [3.63, 3.8) is 0 Å². The summed E-state index contributed by atoms with van der Waals surface area (Å²) in [6, 6.07) is 13.8. The lowest BCUT2D eigenvalue weighted by molar-refractivity contribution is -0.117. The Morgan fingerprint density at radius 2 is 1.67 bits per heavy atom. The molecule has 0 saturated heterocycles. The van der Waals surface area contributed by atoms with Crippen molar-refractivity contribution < 1.29 is 13.2 Å². The fourth-order valence-corrected chi connectivity index (χ4v) is 4.09. The third-order valence-corrected chi connectivity index (χ3v) is 5.82. The number of carbonyl (C=O) groups is 1. The van der Waals surface area contributed by atoms with Gasteiger partial charge in [0, 0.05) is 5.69 Å². The third kappa shape index (κ3) is 4.89. The number of nitrogens with one attached hydrogen (secondary N) is 1. The summed E-state index contributed by atoms with van der Waals surface area (Å²) in [6.07, 6.45) is 0. The van der Waals surface area contributed by atoms with Crippen LogP contribution in [-0.4, -0.2) is 24.1 Å². The van der Waals surface area contributed by atoms with E-state index in [-0.39, 0.29) is 22.1 Å². The molecule has 9 heteroatoms. The van der Waals surface area contributed by atoms with Crippen molar-refractivity contribution in [2.75, 3.05) is 5.32 Å². The van der Waals surface area contributed by atoms with Crippen LogP contribution < -0.4 is 10.1 Å². The molecule has 3 aromatic rings. The second-order valence-electron chi connectivity index (χ2n) is 5.97. The van der Waals surface area contributed by atoms with Crippen LogP contribution in [-0.2, 0) is 21.4 Å². The lowest BCUT2D eigenvalue weighted by Gasteiger charge is -2.05. The maximum Gasteiger partial charge on any atom is 0.285 e. The van der Waals surface area contributed by atoms with Crippen molar-refractivity contribution in [1.29, 1.82) is 0 Å². The second kappa shape index (κ2) is 7.85. The van der Waals surface area contributed by atoms with Gasteiger partial charge in [0.2, 0.25) is 10.7 Å². The van der Waals surface area contributed by atoms with Crippen LogP contribution in [0, 0.1) is 13.8 Å². The first-order chi connectivity index (χ1) is 12.8. The first-order valence-corrected chi connectivity index (χ1v) is 10.4. The predicted molar refractivity (Wildman–Crippen MR) is 104 cm³/mol. The minimum Gasteiger partial charge on any atom is -0.324 e. The number of sulfonamides is 1. The monoisotopic (exact) mass is 402 g/mol. The SMILES string of the molecule is Cc1ccc(NC(=O)Cn2ncs/c2=N\S(=O)(=O)c2ccc(C)cc2)cc1. The highest BCUT2D eigenvalue weighted by molar-refractivity contribution is 7.90. The van der Waals surface area contributed by atoms with Crippen LogP contribution in [0.15, 0.2) is 63.3 Å². The van der Waals surface area contributed by atoms with E-state index >= 15 is 0 Å². The summed E-state index contributed by atoms with van der Waals surface area (Å²) >= 11 is 1.05. The fourth-order valence-electron chi connectivity index (χ4n) is 2.25. The average Bonchev–Trinajstić information content (AvgIpc) is 3.03. The van der Waals surface area contributed by atoms with Gasteiger partial charge in [0.1, 0.15) is 12.1 Å². The van der Waals surface area contributed by atoms with Gasteiger partial charge in [-0.15, -0.1) is 4.40 Å². The highest BCUT2D eigenvalue weighted by atomic mass is 32.2. The smallest absolute Gasteiger partial charge is 0.285 e. The summed E-state index contributed by atoms with van der Waals surface area (Å²) in [7, 11) is -3.88. The quantitative estimate of drug-likeness (QED) is 0.709. The van der Waals surface area contributed by atoms with Crippen LogP contribution in [0.5, 0.6) is 0 Å². The number of amides is 1. The number of hydrogen-bond donors (Lipinski definition) is 1. The average molecular weight is 403 g/mol. The Morgan fingerprint density at radius 3 is 2.30 bits per heavy atom. The van der Waals surface area contributed by atoms with E-state index in [0.717, 1.165) is 22.5 Å². The Balaban J connectivity index is 1.80. The zero-order valence-electron chi connectivity index (χ0n) is 14.8. The number of hydrogen-bond acceptors (Lipinski definition) is 5. The van der Waals surface area contributed by atoms with Crippen molar-refractivity contribution in [2.24, 2.45) is 4.40 Å². The van der Waals surface area contributed by atoms with E-state index in [9.17, 15) is 13.2 Å². The van der Waals surface area contributed by atoms with Gasteiger partial charge in [-0.3, -0.25) is 4.79 Å². The summed E-state index contributed by atoms with van der Waals surface area (Å²) in [6.45, 7) is 3.69. The molecule has 0 aliphatic heterocycles. The molecular weight excluding hydrogens is 384 g/mol. The summed E-state index contributed by atoms with van der Waals surface area (Å²) in [5, 5.41) is 6.77. The van der Waals surface area contributed by atoms with Crippen molar-refractivity contribution >= 4 is 33.0 Å². The topological polar surface area (TPSA) is 93.4 Å². The highest BCUT2D eigenvalue weighted by Gasteiger charge is 2.14. The van der Waals surface area contributed by atoms with E-state index < -0.39 is 10.0 Å². The largest absolute Gasteiger partial charge is 0.324 e. The van der Waals surface area contributed by atoms with Gasteiger partial charge in [-0.05, 0) is 38.1 Å². The second-order valence-corrected chi connectivity index (χ2v) is 8.39. The predicted octanol–water partition coefficient (Wildman–Crippen LogP) is 2.49. The maximum atomic E-state index is 12.5. The Hall–Kier alpha value is -2.78. The van der Waals surface area contributed by atoms with Crippen molar-refractivity contribution in [3.8, 4) is 0 Å². The van der Waals surface area contributed by atoms with Crippen LogP contribution in [0.4, 0.5) is 5.69 Å². The molecule has 0 bridgehead atoms. The van der Waals surface area contributed by atoms with Crippen LogP contribution in [0.3, 0.4) is 0 Å². The van der Waals surface area contributed by atoms with Gasteiger partial charge in [-0.2, -0.15) is 13.5 Å². The van der Waals surface area contributed by atoms with Gasteiger partial charge in [0.25, 0.3) is 10.0 Å². The molecule has 2 aromatic carbocycles. The first-order valence-electron chi connectivity index (χ1n) is 8.08. The zero-order valence-corrected chi connectivity index (χ0v) is 16.4. The molecule has 0 atom stereocenters. The lowest BCUT2D eigenvalue weighted by Crippen LogP contribution is -2.26. The molecule has 7 nitrogen and oxygen atoms in total. The Kier molecular flexibility index (Phi) is 5.52. The van der Waals surface area contributed by atoms with E-state index in [2.05, 4.69) is 14.8 Å². The van der Waals surface area contributed by atoms with Crippen LogP contribution in [0.25, 0.3) is 0 Å². The van der Waals surface area contributed by atoms with Crippen molar-refractivity contribution in [3.05, 3.63) is 70.0 Å². The van der Waals surface area contributed by atoms with Crippen molar-refractivity contribution in [2.45, 2.75) is 25.3 Å². The number of anilines is 1. The van der Waals surface area contributed by atoms with Crippen LogP contribution in [0.2, 0.25) is 0 Å². The molecule has 27 heavy (non-hydrogen) atoms. The van der Waals surface area contributed by atoms with Gasteiger partial charge < -0.3 is 5.32 Å². The number of benzene rings is 2. The summed E-state index contributed by atoms with van der Waals surface area (Å²) < 4.78 is 30.0. The Morgan fingerprint density at radius 1 is 1.07 bits per heavy atom. The lowest BCUT2D eigenvalue weighted by atomic mass is 10.2. The van der Waals surface area contributed by atoms with Gasteiger partial charge in [0.05, 0.1) is 4.90 Å². The Bertz CT molecular complexity index is 1110. The molecular formula is C18H18N4O3S2. The molecule has 0 unspecified atom stereocenters. The van der Waals surface area contributed by atoms with Gasteiger partial charge in [-0.1, -0.05) is 46.7 Å². The number of carbonyl (C=O) groups excluding carboxylic acids is 1. The molecule has 0 aliphatic rings. The molecule has 1 amide bonds. The minimum absolute atomic E-state index is 0.0946. The molecule has 1 heterocycles. The Labute approximate surface area is 161 Å². The molecule has 1 aromatic heterocycles. The third-order valence-electron chi connectivity index (χ3n) is 3.71. The first kappa shape index (κ1) is 19.0. The zero-order chi connectivity index (χ0) is 19.4. The molecule has 0 aliphatic carbocycles. The summed E-state index contributed by atoms with van der Waals surface area (Å²) in [4.78, 5) is 12.5. The van der Waals surface area contributed by atoms with Gasteiger partial charge >= 0.3 is 0 Å². The molecule has 0 fully saturated rings. The number of aromatic nitrogens is 2. The van der Waals surface area contributed by atoms with Crippen molar-refractivity contribution in [1.82, 2.24) is 9.78 Å². The highest BCUT2D eigenvalue weighted by Crippen LogP contribution is 2.13. The molecule has 0 saturated carbocycles.